The molecule has 2 saturated carbocycles. The third kappa shape index (κ3) is 2.16. The molecule has 0 aromatic heterocycles. The number of hydrogen-bond acceptors (Lipinski definition) is 3. The van der Waals surface area contributed by atoms with Crippen molar-refractivity contribution < 1.29 is 19.4 Å². The topological polar surface area (TPSA) is 66.8 Å². The highest BCUT2D eigenvalue weighted by Gasteiger charge is 2.52. The van der Waals surface area contributed by atoms with Gasteiger partial charge < -0.3 is 14.7 Å². The smallest absolute Gasteiger partial charge is 0.334 e. The SMILES string of the molecule is O=C(O)[C@@H]1CN(C(=O)[C@@H]2C[C@@H]2C2CC2)CCO1. The summed E-state index contributed by atoms with van der Waals surface area (Å²) in [6.07, 6.45) is 2.72. The molecule has 2 aliphatic carbocycles. The van der Waals surface area contributed by atoms with Crippen molar-refractivity contribution in [2.75, 3.05) is 19.7 Å². The van der Waals surface area contributed by atoms with Gasteiger partial charge >= 0.3 is 5.97 Å². The summed E-state index contributed by atoms with van der Waals surface area (Å²) in [4.78, 5) is 24.7. The fourth-order valence-corrected chi connectivity index (χ4v) is 2.78. The average Bonchev–Trinajstić information content (AvgIpc) is 3.16. The molecule has 1 heterocycles. The first kappa shape index (κ1) is 11.0. The van der Waals surface area contributed by atoms with Crippen LogP contribution in [0.4, 0.5) is 0 Å². The predicted molar refractivity (Wildman–Crippen MR) is 58.3 cm³/mol. The van der Waals surface area contributed by atoms with Crippen LogP contribution in [0.3, 0.4) is 0 Å². The number of ether oxygens (including phenoxy) is 1. The van der Waals surface area contributed by atoms with E-state index in [1.807, 2.05) is 0 Å². The first-order valence-electron chi connectivity index (χ1n) is 6.30. The molecular weight excluding hydrogens is 222 g/mol. The van der Waals surface area contributed by atoms with Crippen molar-refractivity contribution >= 4 is 11.9 Å². The lowest BCUT2D eigenvalue weighted by molar-refractivity contribution is -0.159. The van der Waals surface area contributed by atoms with E-state index in [9.17, 15) is 9.59 Å². The zero-order valence-corrected chi connectivity index (χ0v) is 9.67. The second-order valence-corrected chi connectivity index (χ2v) is 5.33. The molecule has 0 aromatic carbocycles. The van der Waals surface area contributed by atoms with Crippen LogP contribution in [0, 0.1) is 17.8 Å². The molecule has 94 valence electrons. The minimum absolute atomic E-state index is 0.149. The molecule has 5 nitrogen and oxygen atoms in total. The van der Waals surface area contributed by atoms with E-state index in [0.29, 0.717) is 19.1 Å². The standard InChI is InChI=1S/C12H17NO4/c14-11(9-5-8(9)7-1-2-7)13-3-4-17-10(6-13)12(15)16/h7-10H,1-6H2,(H,15,16)/t8-,9-,10+/m1/s1. The van der Waals surface area contributed by atoms with Gasteiger partial charge in [0, 0.05) is 12.5 Å². The van der Waals surface area contributed by atoms with Crippen molar-refractivity contribution in [2.45, 2.75) is 25.4 Å². The van der Waals surface area contributed by atoms with Gasteiger partial charge in [0.05, 0.1) is 13.2 Å². The average molecular weight is 239 g/mol. The summed E-state index contributed by atoms with van der Waals surface area (Å²) in [5, 5.41) is 8.88. The van der Waals surface area contributed by atoms with E-state index in [4.69, 9.17) is 9.84 Å². The second kappa shape index (κ2) is 3.98. The molecular formula is C12H17NO4. The van der Waals surface area contributed by atoms with E-state index in [1.54, 1.807) is 4.90 Å². The van der Waals surface area contributed by atoms with Crippen molar-refractivity contribution in [3.05, 3.63) is 0 Å². The van der Waals surface area contributed by atoms with Crippen LogP contribution in [0.1, 0.15) is 19.3 Å². The third-order valence-corrected chi connectivity index (χ3v) is 4.04. The highest BCUT2D eigenvalue weighted by atomic mass is 16.5. The molecule has 0 bridgehead atoms. The van der Waals surface area contributed by atoms with E-state index < -0.39 is 12.1 Å². The monoisotopic (exact) mass is 239 g/mol. The first-order chi connectivity index (χ1) is 8.16. The van der Waals surface area contributed by atoms with E-state index in [0.717, 1.165) is 12.3 Å². The minimum atomic E-state index is -0.975. The normalized spacial score (nSPS) is 36.7. The van der Waals surface area contributed by atoms with Crippen molar-refractivity contribution in [2.24, 2.45) is 17.8 Å². The molecule has 3 rings (SSSR count). The van der Waals surface area contributed by atoms with Gasteiger partial charge in [-0.1, -0.05) is 0 Å². The van der Waals surface area contributed by atoms with Gasteiger partial charge in [0.2, 0.25) is 5.91 Å². The molecule has 3 fully saturated rings. The Morgan fingerprint density at radius 2 is 2.06 bits per heavy atom. The predicted octanol–water partition coefficient (Wildman–Crippen LogP) is 0.344. The zero-order valence-electron chi connectivity index (χ0n) is 9.67. The van der Waals surface area contributed by atoms with Crippen molar-refractivity contribution in [3.63, 3.8) is 0 Å². The van der Waals surface area contributed by atoms with Crippen LogP contribution in [0.15, 0.2) is 0 Å². The Morgan fingerprint density at radius 1 is 1.29 bits per heavy atom. The van der Waals surface area contributed by atoms with Crippen LogP contribution in [0.2, 0.25) is 0 Å². The Labute approximate surface area is 99.7 Å². The molecule has 5 heteroatoms. The third-order valence-electron chi connectivity index (χ3n) is 4.04. The van der Waals surface area contributed by atoms with Gasteiger partial charge in [-0.2, -0.15) is 0 Å². The Balaban J connectivity index is 1.56. The van der Waals surface area contributed by atoms with Crippen LogP contribution in [-0.4, -0.2) is 47.7 Å². The van der Waals surface area contributed by atoms with E-state index >= 15 is 0 Å². The summed E-state index contributed by atoms with van der Waals surface area (Å²) in [5.74, 6) is 0.720. The number of carbonyl (C=O) groups is 2. The number of carboxylic acids is 1. The number of rotatable bonds is 3. The van der Waals surface area contributed by atoms with Crippen LogP contribution in [-0.2, 0) is 14.3 Å². The zero-order chi connectivity index (χ0) is 12.0. The number of carbonyl (C=O) groups excluding carboxylic acids is 1. The number of aliphatic carboxylic acids is 1. The summed E-state index contributed by atoms with van der Waals surface area (Å²) >= 11 is 0. The highest BCUT2D eigenvalue weighted by Crippen LogP contribution is 2.54. The molecule has 0 spiro atoms. The van der Waals surface area contributed by atoms with Gasteiger partial charge in [-0.05, 0) is 31.1 Å². The Kier molecular flexibility index (Phi) is 2.58. The van der Waals surface area contributed by atoms with Crippen molar-refractivity contribution in [1.29, 1.82) is 0 Å². The number of amides is 1. The molecule has 0 radical (unpaired) electrons. The fourth-order valence-electron chi connectivity index (χ4n) is 2.78. The van der Waals surface area contributed by atoms with Gasteiger partial charge in [0.25, 0.3) is 0 Å². The second-order valence-electron chi connectivity index (χ2n) is 5.33. The molecule has 1 N–H and O–H groups in total. The number of nitrogens with zero attached hydrogens (tertiary/aromatic N) is 1. The largest absolute Gasteiger partial charge is 0.479 e. The molecule has 3 atom stereocenters. The maximum atomic E-state index is 12.1. The maximum Gasteiger partial charge on any atom is 0.334 e. The van der Waals surface area contributed by atoms with Crippen LogP contribution < -0.4 is 0 Å². The Hall–Kier alpha value is -1.10. The highest BCUT2D eigenvalue weighted by molar-refractivity contribution is 5.83. The lowest BCUT2D eigenvalue weighted by Crippen LogP contribution is -2.49. The molecule has 0 aromatic rings. The fraction of sp³-hybridized carbons (Fsp3) is 0.833. The van der Waals surface area contributed by atoms with Gasteiger partial charge in [0.1, 0.15) is 0 Å². The Bertz CT molecular complexity index is 352. The molecule has 3 aliphatic rings. The molecule has 1 amide bonds. The first-order valence-corrected chi connectivity index (χ1v) is 6.30. The number of morpholine rings is 1. The molecule has 0 unspecified atom stereocenters. The van der Waals surface area contributed by atoms with Crippen molar-refractivity contribution in [3.8, 4) is 0 Å². The van der Waals surface area contributed by atoms with Crippen LogP contribution >= 0.6 is 0 Å². The van der Waals surface area contributed by atoms with E-state index in [-0.39, 0.29) is 18.4 Å². The quantitative estimate of drug-likeness (QED) is 0.771. The van der Waals surface area contributed by atoms with E-state index in [1.165, 1.54) is 12.8 Å². The summed E-state index contributed by atoms with van der Waals surface area (Å²) in [6.45, 7) is 1.09. The summed E-state index contributed by atoms with van der Waals surface area (Å²) in [7, 11) is 0. The Morgan fingerprint density at radius 3 is 2.71 bits per heavy atom. The molecule has 17 heavy (non-hydrogen) atoms. The van der Waals surface area contributed by atoms with Gasteiger partial charge in [-0.25, -0.2) is 4.79 Å². The summed E-state index contributed by atoms with van der Waals surface area (Å²) in [5.41, 5.74) is 0. The number of hydrogen-bond donors (Lipinski definition) is 1. The lowest BCUT2D eigenvalue weighted by atomic mass is 10.2. The maximum absolute atomic E-state index is 12.1. The van der Waals surface area contributed by atoms with Crippen LogP contribution in [0.5, 0.6) is 0 Å². The van der Waals surface area contributed by atoms with Gasteiger partial charge in [-0.15, -0.1) is 0 Å². The summed E-state index contributed by atoms with van der Waals surface area (Å²) < 4.78 is 5.11. The van der Waals surface area contributed by atoms with Crippen LogP contribution in [0.25, 0.3) is 0 Å². The minimum Gasteiger partial charge on any atom is -0.479 e. The van der Waals surface area contributed by atoms with Gasteiger partial charge in [0.15, 0.2) is 6.10 Å². The van der Waals surface area contributed by atoms with Gasteiger partial charge in [-0.3, -0.25) is 4.79 Å². The molecule has 1 aliphatic heterocycles. The summed E-state index contributed by atoms with van der Waals surface area (Å²) in [6, 6.07) is 0. The van der Waals surface area contributed by atoms with Crippen molar-refractivity contribution in [1.82, 2.24) is 4.90 Å². The molecule has 1 saturated heterocycles. The van der Waals surface area contributed by atoms with E-state index in [2.05, 4.69) is 0 Å². The lowest BCUT2D eigenvalue weighted by Gasteiger charge is -2.31. The number of carboxylic acid groups (broad SMARTS) is 1.